The van der Waals surface area contributed by atoms with Gasteiger partial charge in [-0.15, -0.1) is 0 Å². The lowest BCUT2D eigenvalue weighted by Gasteiger charge is -2.25. The zero-order valence-corrected chi connectivity index (χ0v) is 14.2. The van der Waals surface area contributed by atoms with Crippen molar-refractivity contribution >= 4 is 0 Å². The summed E-state index contributed by atoms with van der Waals surface area (Å²) in [7, 11) is 0. The van der Waals surface area contributed by atoms with Gasteiger partial charge in [0.15, 0.2) is 11.5 Å². The van der Waals surface area contributed by atoms with Gasteiger partial charge >= 0.3 is 0 Å². The van der Waals surface area contributed by atoms with Crippen LogP contribution in [0.15, 0.2) is 28.8 Å². The Kier molecular flexibility index (Phi) is 4.19. The molecule has 1 atom stereocenters. The Morgan fingerprint density at radius 3 is 2.71 bits per heavy atom. The summed E-state index contributed by atoms with van der Waals surface area (Å²) in [5.41, 5.74) is 1.20. The molecule has 1 aliphatic heterocycles. The van der Waals surface area contributed by atoms with Gasteiger partial charge in [0.1, 0.15) is 19.0 Å². The van der Waals surface area contributed by atoms with Gasteiger partial charge in [-0.25, -0.2) is 4.98 Å². The highest BCUT2D eigenvalue weighted by molar-refractivity contribution is 5.44. The fourth-order valence-corrected chi connectivity index (χ4v) is 3.15. The summed E-state index contributed by atoms with van der Waals surface area (Å²) in [6, 6.07) is 6.39. The minimum Gasteiger partial charge on any atom is -0.486 e. The van der Waals surface area contributed by atoms with E-state index < -0.39 is 0 Å². The molecule has 128 valence electrons. The largest absolute Gasteiger partial charge is 0.486 e. The van der Waals surface area contributed by atoms with Crippen LogP contribution in [0.5, 0.6) is 11.5 Å². The second-order valence-corrected chi connectivity index (χ2v) is 6.94. The molecule has 0 amide bonds. The van der Waals surface area contributed by atoms with Gasteiger partial charge < -0.3 is 19.2 Å². The fraction of sp³-hybridized carbons (Fsp3) is 0.526. The van der Waals surface area contributed by atoms with Crippen LogP contribution < -0.4 is 14.8 Å². The first kappa shape index (κ1) is 15.5. The van der Waals surface area contributed by atoms with Crippen LogP contribution in [0.25, 0.3) is 0 Å². The summed E-state index contributed by atoms with van der Waals surface area (Å²) in [6.07, 6.45) is 4.34. The number of oxazole rings is 1. The van der Waals surface area contributed by atoms with Gasteiger partial charge in [0.05, 0.1) is 12.7 Å². The molecule has 4 rings (SSSR count). The van der Waals surface area contributed by atoms with Crippen molar-refractivity contribution in [2.45, 2.75) is 45.2 Å². The summed E-state index contributed by atoms with van der Waals surface area (Å²) >= 11 is 0. The lowest BCUT2D eigenvalue weighted by Crippen LogP contribution is -2.26. The summed E-state index contributed by atoms with van der Waals surface area (Å²) in [5, 5.41) is 3.58. The van der Waals surface area contributed by atoms with E-state index in [4.69, 9.17) is 13.9 Å². The van der Waals surface area contributed by atoms with Gasteiger partial charge in [0.2, 0.25) is 5.89 Å². The maximum atomic E-state index is 5.85. The van der Waals surface area contributed by atoms with E-state index in [0.29, 0.717) is 31.6 Å². The molecule has 2 aliphatic rings. The molecule has 1 aromatic heterocycles. The highest BCUT2D eigenvalue weighted by Crippen LogP contribution is 2.40. The molecule has 5 heteroatoms. The number of hydrogen-bond donors (Lipinski definition) is 1. The Bertz CT molecular complexity index is 706. The van der Waals surface area contributed by atoms with E-state index >= 15 is 0 Å². The summed E-state index contributed by atoms with van der Waals surface area (Å²) in [5.74, 6) is 4.50. The van der Waals surface area contributed by atoms with Crippen molar-refractivity contribution in [1.82, 2.24) is 10.3 Å². The molecule has 2 heterocycles. The molecule has 0 saturated heterocycles. The normalized spacial score (nSPS) is 18.0. The van der Waals surface area contributed by atoms with E-state index in [9.17, 15) is 0 Å². The third-order valence-corrected chi connectivity index (χ3v) is 4.62. The van der Waals surface area contributed by atoms with Crippen molar-refractivity contribution in [3.05, 3.63) is 41.6 Å². The number of rotatable bonds is 6. The van der Waals surface area contributed by atoms with Crippen molar-refractivity contribution in [2.24, 2.45) is 5.92 Å². The van der Waals surface area contributed by atoms with Gasteiger partial charge in [0, 0.05) is 12.0 Å². The van der Waals surface area contributed by atoms with Crippen LogP contribution in [0.3, 0.4) is 0 Å². The second kappa shape index (κ2) is 6.48. The molecule has 1 saturated carbocycles. The van der Waals surface area contributed by atoms with Gasteiger partial charge in [-0.2, -0.15) is 0 Å². The Balaban J connectivity index is 1.47. The van der Waals surface area contributed by atoms with Gasteiger partial charge in [-0.05, 0) is 36.5 Å². The van der Waals surface area contributed by atoms with Crippen LogP contribution in [-0.4, -0.2) is 18.2 Å². The quantitative estimate of drug-likeness (QED) is 0.874. The van der Waals surface area contributed by atoms with Crippen LogP contribution in [0.4, 0.5) is 0 Å². The Hall–Kier alpha value is -2.01. The Morgan fingerprint density at radius 1 is 1.17 bits per heavy atom. The second-order valence-electron chi connectivity index (χ2n) is 6.94. The van der Waals surface area contributed by atoms with Crippen molar-refractivity contribution in [1.29, 1.82) is 0 Å². The van der Waals surface area contributed by atoms with Crippen LogP contribution in [-0.2, 0) is 6.54 Å². The molecule has 5 nitrogen and oxygen atoms in total. The summed E-state index contributed by atoms with van der Waals surface area (Å²) < 4.78 is 17.2. The number of hydrogen-bond acceptors (Lipinski definition) is 5. The zero-order valence-electron chi connectivity index (χ0n) is 14.2. The lowest BCUT2D eigenvalue weighted by molar-refractivity contribution is 0.171. The number of nitrogens with zero attached hydrogens (tertiary/aromatic N) is 1. The molecule has 2 aromatic rings. The van der Waals surface area contributed by atoms with Crippen molar-refractivity contribution in [3.63, 3.8) is 0 Å². The number of benzene rings is 1. The molecule has 1 aromatic carbocycles. The lowest BCUT2D eigenvalue weighted by atomic mass is 9.95. The topological polar surface area (TPSA) is 56.5 Å². The first-order valence-electron chi connectivity index (χ1n) is 8.78. The number of nitrogens with one attached hydrogen (secondary N) is 1. The standard InChI is InChI=1S/C19H24N2O3/c1-12(2)19(14-5-6-15-16(9-14)23-8-7-22-15)21-11-18-20-10-17(24-18)13-3-4-13/h5-6,9-10,12-13,19,21H,3-4,7-8,11H2,1-2H3/t19-/m1/s1. The van der Waals surface area contributed by atoms with E-state index in [1.165, 1.54) is 18.4 Å². The predicted octanol–water partition coefficient (Wildman–Crippen LogP) is 3.81. The van der Waals surface area contributed by atoms with Crippen molar-refractivity contribution < 1.29 is 13.9 Å². The number of ether oxygens (including phenoxy) is 2. The smallest absolute Gasteiger partial charge is 0.208 e. The molecule has 1 aliphatic carbocycles. The Labute approximate surface area is 142 Å². The summed E-state index contributed by atoms with van der Waals surface area (Å²) in [4.78, 5) is 4.40. The maximum absolute atomic E-state index is 5.85. The monoisotopic (exact) mass is 328 g/mol. The Morgan fingerprint density at radius 2 is 1.96 bits per heavy atom. The third-order valence-electron chi connectivity index (χ3n) is 4.62. The minimum absolute atomic E-state index is 0.206. The highest BCUT2D eigenvalue weighted by Gasteiger charge is 2.27. The predicted molar refractivity (Wildman–Crippen MR) is 90.3 cm³/mol. The van der Waals surface area contributed by atoms with E-state index in [2.05, 4.69) is 36.3 Å². The van der Waals surface area contributed by atoms with Gasteiger partial charge in [0.25, 0.3) is 0 Å². The number of aromatic nitrogens is 1. The highest BCUT2D eigenvalue weighted by atomic mass is 16.6. The molecular formula is C19H24N2O3. The van der Waals surface area contributed by atoms with Gasteiger partial charge in [-0.1, -0.05) is 19.9 Å². The molecule has 1 fully saturated rings. The summed E-state index contributed by atoms with van der Waals surface area (Å²) in [6.45, 7) is 6.27. The van der Waals surface area contributed by atoms with Crippen LogP contribution in [0, 0.1) is 5.92 Å². The fourth-order valence-electron chi connectivity index (χ4n) is 3.15. The molecule has 0 unspecified atom stereocenters. The molecular weight excluding hydrogens is 304 g/mol. The zero-order chi connectivity index (χ0) is 16.5. The van der Waals surface area contributed by atoms with E-state index in [1.54, 1.807) is 0 Å². The third kappa shape index (κ3) is 3.26. The average molecular weight is 328 g/mol. The van der Waals surface area contributed by atoms with E-state index in [1.807, 2.05) is 12.3 Å². The average Bonchev–Trinajstić information content (AvgIpc) is 3.34. The van der Waals surface area contributed by atoms with E-state index in [0.717, 1.165) is 23.1 Å². The minimum atomic E-state index is 0.206. The molecule has 0 radical (unpaired) electrons. The maximum Gasteiger partial charge on any atom is 0.208 e. The van der Waals surface area contributed by atoms with Crippen LogP contribution >= 0.6 is 0 Å². The number of fused-ring (bicyclic) bond motifs is 1. The first-order chi connectivity index (χ1) is 11.7. The van der Waals surface area contributed by atoms with Crippen molar-refractivity contribution in [2.75, 3.05) is 13.2 Å². The molecule has 1 N–H and O–H groups in total. The van der Waals surface area contributed by atoms with Crippen molar-refractivity contribution in [3.8, 4) is 11.5 Å². The SMILES string of the molecule is CC(C)[C@@H](NCc1ncc(C2CC2)o1)c1ccc2c(c1)OCCO2. The van der Waals surface area contributed by atoms with E-state index in [-0.39, 0.29) is 6.04 Å². The molecule has 0 bridgehead atoms. The van der Waals surface area contributed by atoms with Crippen LogP contribution in [0.1, 0.15) is 55.9 Å². The van der Waals surface area contributed by atoms with Crippen LogP contribution in [0.2, 0.25) is 0 Å². The first-order valence-corrected chi connectivity index (χ1v) is 8.78. The molecule has 0 spiro atoms. The van der Waals surface area contributed by atoms with Gasteiger partial charge in [-0.3, -0.25) is 0 Å². The molecule has 24 heavy (non-hydrogen) atoms.